The zero-order valence-corrected chi connectivity index (χ0v) is 12.8. The second-order valence-electron chi connectivity index (χ2n) is 5.57. The van der Waals surface area contributed by atoms with Gasteiger partial charge in [-0.05, 0) is 41.3 Å². The van der Waals surface area contributed by atoms with Gasteiger partial charge in [0.15, 0.2) is 0 Å². The maximum Gasteiger partial charge on any atom is 0.0329 e. The minimum atomic E-state index is 0.529. The number of rotatable bonds is 4. The van der Waals surface area contributed by atoms with Gasteiger partial charge < -0.3 is 5.32 Å². The molecule has 3 heteroatoms. The average molecular weight is 286 g/mol. The van der Waals surface area contributed by atoms with Crippen LogP contribution in [0.1, 0.15) is 24.1 Å². The van der Waals surface area contributed by atoms with Crippen molar-refractivity contribution in [3.8, 4) is 0 Å². The highest BCUT2D eigenvalue weighted by atomic mass is 32.1. The molecular weight excluding hydrogens is 264 g/mol. The predicted molar refractivity (Wildman–Crippen MR) is 86.2 cm³/mol. The van der Waals surface area contributed by atoms with E-state index in [4.69, 9.17) is 0 Å². The van der Waals surface area contributed by atoms with Gasteiger partial charge >= 0.3 is 0 Å². The summed E-state index contributed by atoms with van der Waals surface area (Å²) in [4.78, 5) is 2.60. The number of piperazine rings is 1. The monoisotopic (exact) mass is 286 g/mol. The van der Waals surface area contributed by atoms with Gasteiger partial charge in [-0.15, -0.1) is 0 Å². The molecule has 1 aromatic carbocycles. The van der Waals surface area contributed by atoms with E-state index in [-0.39, 0.29) is 0 Å². The first-order valence-electron chi connectivity index (χ1n) is 7.36. The van der Waals surface area contributed by atoms with Gasteiger partial charge in [0.25, 0.3) is 0 Å². The van der Waals surface area contributed by atoms with Crippen molar-refractivity contribution in [2.45, 2.75) is 25.4 Å². The number of hydrogen-bond donors (Lipinski definition) is 1. The summed E-state index contributed by atoms with van der Waals surface area (Å²) in [7, 11) is 0. The van der Waals surface area contributed by atoms with Crippen LogP contribution in [-0.2, 0) is 6.42 Å². The van der Waals surface area contributed by atoms with E-state index < -0.39 is 0 Å². The lowest BCUT2D eigenvalue weighted by molar-refractivity contribution is 0.153. The van der Waals surface area contributed by atoms with E-state index in [1.807, 2.05) is 0 Å². The quantitative estimate of drug-likeness (QED) is 0.927. The smallest absolute Gasteiger partial charge is 0.0329 e. The third-order valence-electron chi connectivity index (χ3n) is 4.19. The van der Waals surface area contributed by atoms with Crippen LogP contribution in [0.5, 0.6) is 0 Å². The van der Waals surface area contributed by atoms with Crippen LogP contribution in [-0.4, -0.2) is 30.6 Å². The molecule has 2 nitrogen and oxygen atoms in total. The Balaban J connectivity index is 1.62. The summed E-state index contributed by atoms with van der Waals surface area (Å²) in [6, 6.07) is 14.1. The molecule has 1 N–H and O–H groups in total. The largest absolute Gasteiger partial charge is 0.311 e. The minimum absolute atomic E-state index is 0.529. The van der Waals surface area contributed by atoms with Crippen molar-refractivity contribution >= 4 is 11.3 Å². The molecule has 0 bridgehead atoms. The van der Waals surface area contributed by atoms with Crippen molar-refractivity contribution < 1.29 is 0 Å². The van der Waals surface area contributed by atoms with Crippen LogP contribution < -0.4 is 5.32 Å². The predicted octanol–water partition coefficient (Wildman–Crippen LogP) is 3.33. The van der Waals surface area contributed by atoms with Gasteiger partial charge in [0, 0.05) is 31.7 Å². The number of nitrogens with zero attached hydrogens (tertiary/aromatic N) is 1. The lowest BCUT2D eigenvalue weighted by Gasteiger charge is -2.37. The van der Waals surface area contributed by atoms with Crippen LogP contribution in [0.25, 0.3) is 0 Å². The lowest BCUT2D eigenvalue weighted by atomic mass is 10.0. The Labute approximate surface area is 125 Å². The molecule has 1 aromatic heterocycles. The highest BCUT2D eigenvalue weighted by Crippen LogP contribution is 2.23. The van der Waals surface area contributed by atoms with Crippen LogP contribution in [0.2, 0.25) is 0 Å². The molecule has 0 radical (unpaired) electrons. The molecule has 1 aliphatic rings. The third kappa shape index (κ3) is 3.29. The van der Waals surface area contributed by atoms with Crippen LogP contribution in [0.4, 0.5) is 0 Å². The Kier molecular flexibility index (Phi) is 4.51. The van der Waals surface area contributed by atoms with Crippen molar-refractivity contribution in [1.82, 2.24) is 10.2 Å². The van der Waals surface area contributed by atoms with E-state index in [9.17, 15) is 0 Å². The van der Waals surface area contributed by atoms with Crippen molar-refractivity contribution in [1.29, 1.82) is 0 Å². The molecule has 2 aromatic rings. The average Bonchev–Trinajstić information content (AvgIpc) is 3.02. The molecule has 3 rings (SSSR count). The van der Waals surface area contributed by atoms with Gasteiger partial charge in [-0.3, -0.25) is 4.90 Å². The first-order valence-corrected chi connectivity index (χ1v) is 8.30. The standard InChI is InChI=1S/C17H22N2S/c1-14(16-7-10-20-13-16)19-9-8-18-17(12-19)11-15-5-3-2-4-6-15/h2-7,10,13-14,17-18H,8-9,11-12H2,1H3. The van der Waals surface area contributed by atoms with Gasteiger partial charge in [-0.2, -0.15) is 11.3 Å². The number of nitrogens with one attached hydrogen (secondary N) is 1. The maximum absolute atomic E-state index is 3.66. The molecule has 1 aliphatic heterocycles. The summed E-state index contributed by atoms with van der Waals surface area (Å²) < 4.78 is 0. The second kappa shape index (κ2) is 6.53. The molecule has 0 amide bonds. The van der Waals surface area contributed by atoms with Gasteiger partial charge in [0.05, 0.1) is 0 Å². The molecule has 0 saturated carbocycles. The number of benzene rings is 1. The van der Waals surface area contributed by atoms with Crippen molar-refractivity contribution in [2.24, 2.45) is 0 Å². The molecule has 2 heterocycles. The van der Waals surface area contributed by atoms with Crippen LogP contribution in [0, 0.1) is 0 Å². The molecule has 106 valence electrons. The van der Waals surface area contributed by atoms with Crippen LogP contribution in [0.15, 0.2) is 47.2 Å². The highest BCUT2D eigenvalue weighted by Gasteiger charge is 2.24. The van der Waals surface area contributed by atoms with Gasteiger partial charge in [0.1, 0.15) is 0 Å². The summed E-state index contributed by atoms with van der Waals surface area (Å²) in [5, 5.41) is 8.11. The Morgan fingerprint density at radius 1 is 1.30 bits per heavy atom. The van der Waals surface area contributed by atoms with E-state index in [0.717, 1.165) is 26.1 Å². The van der Waals surface area contributed by atoms with Gasteiger partial charge in [0.2, 0.25) is 0 Å². The molecule has 0 aliphatic carbocycles. The molecule has 20 heavy (non-hydrogen) atoms. The first-order chi connectivity index (χ1) is 9.83. The fourth-order valence-corrected chi connectivity index (χ4v) is 3.71. The fraction of sp³-hybridized carbons (Fsp3) is 0.412. The van der Waals surface area contributed by atoms with Gasteiger partial charge in [-0.1, -0.05) is 30.3 Å². The van der Waals surface area contributed by atoms with E-state index >= 15 is 0 Å². The topological polar surface area (TPSA) is 15.3 Å². The van der Waals surface area contributed by atoms with E-state index in [1.165, 1.54) is 11.1 Å². The SMILES string of the molecule is CC(c1ccsc1)N1CCNC(Cc2ccccc2)C1. The third-order valence-corrected chi connectivity index (χ3v) is 4.89. The Morgan fingerprint density at radius 3 is 2.90 bits per heavy atom. The maximum atomic E-state index is 3.66. The number of thiophene rings is 1. The molecular formula is C17H22N2S. The zero-order chi connectivity index (χ0) is 13.8. The molecule has 2 unspecified atom stereocenters. The Hall–Kier alpha value is -1.16. The van der Waals surface area contributed by atoms with Gasteiger partial charge in [-0.25, -0.2) is 0 Å². The summed E-state index contributed by atoms with van der Waals surface area (Å²) in [6.45, 7) is 5.69. The normalized spacial score (nSPS) is 21.8. The molecule has 0 spiro atoms. The summed E-state index contributed by atoms with van der Waals surface area (Å²) in [5.74, 6) is 0. The summed E-state index contributed by atoms with van der Waals surface area (Å²) in [6.07, 6.45) is 1.12. The van der Waals surface area contributed by atoms with E-state index in [0.29, 0.717) is 12.1 Å². The van der Waals surface area contributed by atoms with Crippen LogP contribution in [0.3, 0.4) is 0 Å². The lowest BCUT2D eigenvalue weighted by Crippen LogP contribution is -2.52. The number of hydrogen-bond acceptors (Lipinski definition) is 3. The zero-order valence-electron chi connectivity index (χ0n) is 12.0. The molecule has 1 fully saturated rings. The van der Waals surface area contributed by atoms with Crippen molar-refractivity contribution in [3.05, 3.63) is 58.3 Å². The Morgan fingerprint density at radius 2 is 2.15 bits per heavy atom. The van der Waals surface area contributed by atoms with Crippen LogP contribution >= 0.6 is 11.3 Å². The molecule has 2 atom stereocenters. The van der Waals surface area contributed by atoms with Crippen molar-refractivity contribution in [2.75, 3.05) is 19.6 Å². The van der Waals surface area contributed by atoms with E-state index in [1.54, 1.807) is 11.3 Å². The van der Waals surface area contributed by atoms with E-state index in [2.05, 4.69) is 64.3 Å². The summed E-state index contributed by atoms with van der Waals surface area (Å²) in [5.41, 5.74) is 2.88. The highest BCUT2D eigenvalue weighted by molar-refractivity contribution is 7.07. The minimum Gasteiger partial charge on any atom is -0.311 e. The first kappa shape index (κ1) is 13.8. The molecule has 1 saturated heterocycles. The Bertz CT molecular complexity index is 509. The summed E-state index contributed by atoms with van der Waals surface area (Å²) >= 11 is 1.79. The van der Waals surface area contributed by atoms with Crippen molar-refractivity contribution in [3.63, 3.8) is 0 Å². The fourth-order valence-electron chi connectivity index (χ4n) is 2.96. The second-order valence-corrected chi connectivity index (χ2v) is 6.35.